The van der Waals surface area contributed by atoms with Gasteiger partial charge in [-0.1, -0.05) is 0 Å². The van der Waals surface area contributed by atoms with Crippen molar-refractivity contribution in [2.45, 2.75) is 37.5 Å². The third-order valence-electron chi connectivity index (χ3n) is 3.49. The van der Waals surface area contributed by atoms with Gasteiger partial charge in [0, 0.05) is 31.7 Å². The van der Waals surface area contributed by atoms with Gasteiger partial charge >= 0.3 is 0 Å². The highest BCUT2D eigenvalue weighted by Gasteiger charge is 2.28. The van der Waals surface area contributed by atoms with E-state index in [2.05, 4.69) is 16.5 Å². The van der Waals surface area contributed by atoms with Crippen LogP contribution in [0.5, 0.6) is 0 Å². The fourth-order valence-electron chi connectivity index (χ4n) is 2.45. The van der Waals surface area contributed by atoms with Gasteiger partial charge in [0.05, 0.1) is 10.9 Å². The number of nitrogens with one attached hydrogen (secondary N) is 1. The molecule has 102 valence electrons. The van der Waals surface area contributed by atoms with Crippen LogP contribution in [0.3, 0.4) is 0 Å². The number of primary sulfonamides is 1. The van der Waals surface area contributed by atoms with Crippen LogP contribution in [0, 0.1) is 6.92 Å². The van der Waals surface area contributed by atoms with E-state index in [9.17, 15) is 8.42 Å². The average Bonchev–Trinajstić information content (AvgIpc) is 2.57. The normalized spacial score (nSPS) is 25.3. The molecule has 7 heteroatoms. The number of piperidine rings is 1. The molecule has 1 saturated heterocycles. The van der Waals surface area contributed by atoms with Crippen molar-refractivity contribution >= 4 is 10.0 Å². The summed E-state index contributed by atoms with van der Waals surface area (Å²) in [5.74, 6) is 0. The quantitative estimate of drug-likeness (QED) is 0.789. The lowest BCUT2D eigenvalue weighted by molar-refractivity contribution is 0.390. The minimum atomic E-state index is -3.41. The van der Waals surface area contributed by atoms with Gasteiger partial charge in [-0.05, 0) is 25.8 Å². The van der Waals surface area contributed by atoms with Gasteiger partial charge in [-0.25, -0.2) is 13.6 Å². The van der Waals surface area contributed by atoms with Crippen molar-refractivity contribution in [1.29, 1.82) is 0 Å². The summed E-state index contributed by atoms with van der Waals surface area (Å²) in [6.45, 7) is 2.41. The van der Waals surface area contributed by atoms with E-state index < -0.39 is 15.3 Å². The summed E-state index contributed by atoms with van der Waals surface area (Å²) >= 11 is 0. The van der Waals surface area contributed by atoms with Crippen LogP contribution in [0.2, 0.25) is 0 Å². The first-order chi connectivity index (χ1) is 8.36. The second kappa shape index (κ2) is 4.99. The first-order valence-corrected chi connectivity index (χ1v) is 7.71. The lowest BCUT2D eigenvalue weighted by atomic mass is 10.00. The molecule has 2 heterocycles. The Balaban J connectivity index is 1.93. The van der Waals surface area contributed by atoms with E-state index in [4.69, 9.17) is 5.14 Å². The zero-order valence-corrected chi connectivity index (χ0v) is 11.6. The monoisotopic (exact) mass is 272 g/mol. The lowest BCUT2D eigenvalue weighted by Gasteiger charge is -2.28. The number of hydrogen-bond acceptors (Lipinski definition) is 4. The first kappa shape index (κ1) is 13.5. The van der Waals surface area contributed by atoms with Gasteiger partial charge in [-0.3, -0.25) is 4.68 Å². The molecule has 0 bridgehead atoms. The fraction of sp³-hybridized carbons (Fsp3) is 0.727. The van der Waals surface area contributed by atoms with Crippen LogP contribution in [0.25, 0.3) is 0 Å². The van der Waals surface area contributed by atoms with Crippen LogP contribution in [0.4, 0.5) is 0 Å². The molecule has 2 rings (SSSR count). The van der Waals surface area contributed by atoms with Crippen molar-refractivity contribution in [1.82, 2.24) is 15.1 Å². The van der Waals surface area contributed by atoms with Crippen LogP contribution in [0.15, 0.2) is 6.07 Å². The van der Waals surface area contributed by atoms with E-state index in [1.54, 1.807) is 0 Å². The Morgan fingerprint density at radius 3 is 2.72 bits per heavy atom. The van der Waals surface area contributed by atoms with Gasteiger partial charge in [0.25, 0.3) is 0 Å². The van der Waals surface area contributed by atoms with Crippen molar-refractivity contribution in [2.24, 2.45) is 12.2 Å². The van der Waals surface area contributed by atoms with Gasteiger partial charge in [-0.2, -0.15) is 5.10 Å². The Morgan fingerprint density at radius 2 is 2.28 bits per heavy atom. The molecule has 0 aromatic carbocycles. The summed E-state index contributed by atoms with van der Waals surface area (Å²) in [7, 11) is -1.48. The van der Waals surface area contributed by atoms with Crippen molar-refractivity contribution in [3.63, 3.8) is 0 Å². The Hall–Kier alpha value is -0.920. The van der Waals surface area contributed by atoms with Gasteiger partial charge in [0.2, 0.25) is 10.0 Å². The third kappa shape index (κ3) is 3.09. The van der Waals surface area contributed by atoms with Gasteiger partial charge in [-0.15, -0.1) is 0 Å². The largest absolute Gasteiger partial charge is 0.312 e. The predicted molar refractivity (Wildman–Crippen MR) is 69.6 cm³/mol. The van der Waals surface area contributed by atoms with Crippen LogP contribution in [-0.4, -0.2) is 36.0 Å². The number of sulfonamides is 1. The summed E-state index contributed by atoms with van der Waals surface area (Å²) in [6.07, 6.45) is 2.33. The van der Waals surface area contributed by atoms with E-state index in [0.29, 0.717) is 19.0 Å². The Morgan fingerprint density at radius 1 is 1.56 bits per heavy atom. The molecule has 1 fully saturated rings. The van der Waals surface area contributed by atoms with Gasteiger partial charge in [0.1, 0.15) is 0 Å². The molecule has 0 saturated carbocycles. The predicted octanol–water partition coefficient (Wildman–Crippen LogP) is -0.320. The zero-order valence-electron chi connectivity index (χ0n) is 10.8. The molecule has 2 unspecified atom stereocenters. The second-order valence-electron chi connectivity index (χ2n) is 5.00. The summed E-state index contributed by atoms with van der Waals surface area (Å²) in [6, 6.07) is 2.37. The van der Waals surface area contributed by atoms with Gasteiger partial charge in [0.15, 0.2) is 0 Å². The zero-order chi connectivity index (χ0) is 13.3. The molecule has 1 aliphatic heterocycles. The maximum atomic E-state index is 11.2. The average molecular weight is 272 g/mol. The van der Waals surface area contributed by atoms with E-state index in [1.807, 2.05) is 18.7 Å². The standard InChI is InChI=1S/C11H20N4O2S/c1-8-5-10(15(2)14-8)6-9-3-4-11(7-13-9)18(12,16)17/h5,9,11,13H,3-4,6-7H2,1-2H3,(H2,12,16,17). The van der Waals surface area contributed by atoms with E-state index in [1.165, 1.54) is 5.69 Å². The summed E-state index contributed by atoms with van der Waals surface area (Å²) in [4.78, 5) is 0. The molecule has 1 aromatic rings. The van der Waals surface area contributed by atoms with Crippen molar-refractivity contribution in [3.05, 3.63) is 17.5 Å². The minimum absolute atomic E-state index is 0.304. The fourth-order valence-corrected chi connectivity index (χ4v) is 3.24. The minimum Gasteiger partial charge on any atom is -0.312 e. The molecule has 0 spiro atoms. The Kier molecular flexibility index (Phi) is 3.74. The molecule has 6 nitrogen and oxygen atoms in total. The number of aryl methyl sites for hydroxylation is 2. The molecule has 0 amide bonds. The molecule has 18 heavy (non-hydrogen) atoms. The smallest absolute Gasteiger partial charge is 0.213 e. The summed E-state index contributed by atoms with van der Waals surface area (Å²) < 4.78 is 24.3. The number of hydrogen-bond donors (Lipinski definition) is 2. The maximum Gasteiger partial charge on any atom is 0.213 e. The van der Waals surface area contributed by atoms with Crippen molar-refractivity contribution in [2.75, 3.05) is 6.54 Å². The summed E-state index contributed by atoms with van der Waals surface area (Å²) in [5.41, 5.74) is 2.17. The molecule has 2 atom stereocenters. The van der Waals surface area contributed by atoms with Crippen molar-refractivity contribution in [3.8, 4) is 0 Å². The molecule has 1 aromatic heterocycles. The SMILES string of the molecule is Cc1cc(CC2CCC(S(N)(=O)=O)CN2)n(C)n1. The van der Waals surface area contributed by atoms with Crippen molar-refractivity contribution < 1.29 is 8.42 Å². The van der Waals surface area contributed by atoms with Crippen LogP contribution in [-0.2, 0) is 23.5 Å². The van der Waals surface area contributed by atoms with Crippen LogP contribution < -0.4 is 10.5 Å². The molecule has 3 N–H and O–H groups in total. The van der Waals surface area contributed by atoms with E-state index in [0.717, 1.165) is 18.5 Å². The van der Waals surface area contributed by atoms with E-state index >= 15 is 0 Å². The number of aromatic nitrogens is 2. The molecule has 0 radical (unpaired) electrons. The lowest BCUT2D eigenvalue weighted by Crippen LogP contribution is -2.47. The Labute approximate surface area is 108 Å². The molecule has 0 aliphatic carbocycles. The third-order valence-corrected chi connectivity index (χ3v) is 4.82. The van der Waals surface area contributed by atoms with E-state index in [-0.39, 0.29) is 0 Å². The number of nitrogens with two attached hydrogens (primary N) is 1. The number of rotatable bonds is 3. The number of nitrogens with zero attached hydrogens (tertiary/aromatic N) is 2. The molecular formula is C11H20N4O2S. The molecule has 1 aliphatic rings. The molecular weight excluding hydrogens is 252 g/mol. The second-order valence-corrected chi connectivity index (χ2v) is 6.84. The first-order valence-electron chi connectivity index (χ1n) is 6.11. The maximum absolute atomic E-state index is 11.2. The highest BCUT2D eigenvalue weighted by Crippen LogP contribution is 2.16. The van der Waals surface area contributed by atoms with Crippen LogP contribution >= 0.6 is 0 Å². The summed E-state index contributed by atoms with van der Waals surface area (Å²) in [5, 5.41) is 12.3. The topological polar surface area (TPSA) is 90.0 Å². The highest BCUT2D eigenvalue weighted by molar-refractivity contribution is 7.89. The highest BCUT2D eigenvalue weighted by atomic mass is 32.2. The Bertz CT molecular complexity index is 515. The van der Waals surface area contributed by atoms with Crippen LogP contribution in [0.1, 0.15) is 24.2 Å². The van der Waals surface area contributed by atoms with Gasteiger partial charge < -0.3 is 5.32 Å².